The summed E-state index contributed by atoms with van der Waals surface area (Å²) in [4.78, 5) is 2.59. The normalized spacial score (nSPS) is 36.3. The number of hydrogen-bond donors (Lipinski definition) is 0. The Morgan fingerprint density at radius 3 is 2.73 bits per heavy atom. The molecule has 1 saturated heterocycles. The van der Waals surface area contributed by atoms with Gasteiger partial charge < -0.3 is 0 Å². The molecule has 3 atom stereocenters. The van der Waals surface area contributed by atoms with Gasteiger partial charge in [-0.05, 0) is 44.9 Å². The van der Waals surface area contributed by atoms with Gasteiger partial charge in [-0.3, -0.25) is 4.90 Å². The van der Waals surface area contributed by atoms with Gasteiger partial charge in [0.25, 0.3) is 0 Å². The molecule has 2 heteroatoms. The summed E-state index contributed by atoms with van der Waals surface area (Å²) in [6.07, 6.45) is 6.18. The number of likely N-dealkylation sites (tertiary alicyclic amines) is 1. The predicted molar refractivity (Wildman–Crippen MR) is 66.3 cm³/mol. The van der Waals surface area contributed by atoms with Crippen molar-refractivity contribution in [2.75, 3.05) is 19.6 Å². The van der Waals surface area contributed by atoms with Crippen molar-refractivity contribution in [1.29, 1.82) is 0 Å². The van der Waals surface area contributed by atoms with Crippen LogP contribution >= 0.6 is 11.6 Å². The van der Waals surface area contributed by atoms with Gasteiger partial charge in [0, 0.05) is 25.0 Å². The molecule has 0 radical (unpaired) electrons. The SMILES string of the molecule is CC(C)=CCN1CC2CCC(Cl)CC2C1. The summed E-state index contributed by atoms with van der Waals surface area (Å²) in [6.45, 7) is 8.08. The van der Waals surface area contributed by atoms with E-state index in [-0.39, 0.29) is 0 Å². The van der Waals surface area contributed by atoms with Crippen molar-refractivity contribution < 1.29 is 0 Å². The third-order valence-electron chi connectivity index (χ3n) is 3.82. The zero-order valence-corrected chi connectivity index (χ0v) is 10.6. The van der Waals surface area contributed by atoms with Gasteiger partial charge in [-0.15, -0.1) is 11.6 Å². The van der Waals surface area contributed by atoms with Gasteiger partial charge in [0.2, 0.25) is 0 Å². The molecule has 3 unspecified atom stereocenters. The molecule has 0 aromatic heterocycles. The molecule has 0 N–H and O–H groups in total. The maximum Gasteiger partial charge on any atom is 0.0339 e. The van der Waals surface area contributed by atoms with Crippen LogP contribution in [0.1, 0.15) is 33.1 Å². The molecule has 15 heavy (non-hydrogen) atoms. The first kappa shape index (κ1) is 11.5. The predicted octanol–water partition coefficient (Wildman–Crippen LogP) is 3.29. The van der Waals surface area contributed by atoms with Crippen LogP contribution in [0.3, 0.4) is 0 Å². The number of fused-ring (bicyclic) bond motifs is 1. The van der Waals surface area contributed by atoms with Crippen molar-refractivity contribution in [3.63, 3.8) is 0 Å². The monoisotopic (exact) mass is 227 g/mol. The van der Waals surface area contributed by atoms with Gasteiger partial charge in [-0.1, -0.05) is 11.6 Å². The van der Waals surface area contributed by atoms with Crippen LogP contribution in [0.4, 0.5) is 0 Å². The van der Waals surface area contributed by atoms with Crippen LogP contribution in [0, 0.1) is 11.8 Å². The maximum atomic E-state index is 6.23. The molecule has 2 fully saturated rings. The molecule has 86 valence electrons. The van der Waals surface area contributed by atoms with E-state index in [1.54, 1.807) is 0 Å². The third-order valence-corrected chi connectivity index (χ3v) is 4.22. The fourth-order valence-corrected chi connectivity index (χ4v) is 3.29. The van der Waals surface area contributed by atoms with E-state index in [1.165, 1.54) is 37.9 Å². The van der Waals surface area contributed by atoms with Gasteiger partial charge >= 0.3 is 0 Å². The lowest BCUT2D eigenvalue weighted by molar-refractivity contribution is 0.304. The summed E-state index contributed by atoms with van der Waals surface area (Å²) in [6, 6.07) is 0. The van der Waals surface area contributed by atoms with Gasteiger partial charge in [0.1, 0.15) is 0 Å². The average molecular weight is 228 g/mol. The molecule has 0 spiro atoms. The highest BCUT2D eigenvalue weighted by molar-refractivity contribution is 6.20. The van der Waals surface area contributed by atoms with Crippen LogP contribution in [0.5, 0.6) is 0 Å². The first-order chi connectivity index (χ1) is 7.15. The van der Waals surface area contributed by atoms with Crippen molar-refractivity contribution in [2.24, 2.45) is 11.8 Å². The number of nitrogens with zero attached hydrogens (tertiary/aromatic N) is 1. The Labute approximate surface area is 98.5 Å². The molecule has 0 aromatic rings. The number of allylic oxidation sites excluding steroid dienone is 1. The van der Waals surface area contributed by atoms with E-state index in [0.29, 0.717) is 5.38 Å². The lowest BCUT2D eigenvalue weighted by Gasteiger charge is -2.27. The molecule has 0 amide bonds. The van der Waals surface area contributed by atoms with Crippen molar-refractivity contribution in [3.8, 4) is 0 Å². The van der Waals surface area contributed by atoms with Gasteiger partial charge in [0.05, 0.1) is 0 Å². The molecular formula is C13H22ClN. The summed E-state index contributed by atoms with van der Waals surface area (Å²) in [5, 5.41) is 0.453. The van der Waals surface area contributed by atoms with Crippen molar-refractivity contribution >= 4 is 11.6 Å². The van der Waals surface area contributed by atoms with Crippen molar-refractivity contribution in [1.82, 2.24) is 4.90 Å². The summed E-state index contributed by atoms with van der Waals surface area (Å²) in [5.41, 5.74) is 1.43. The second kappa shape index (κ2) is 4.88. The lowest BCUT2D eigenvalue weighted by atomic mass is 9.82. The fourth-order valence-electron chi connectivity index (χ4n) is 2.93. The maximum absolute atomic E-state index is 6.23. The molecule has 1 aliphatic carbocycles. The Morgan fingerprint density at radius 1 is 1.27 bits per heavy atom. The number of hydrogen-bond acceptors (Lipinski definition) is 1. The Kier molecular flexibility index (Phi) is 3.73. The van der Waals surface area contributed by atoms with Crippen LogP contribution in [0.2, 0.25) is 0 Å². The molecule has 2 aliphatic rings. The summed E-state index contributed by atoms with van der Waals surface area (Å²) >= 11 is 6.23. The van der Waals surface area contributed by atoms with Crippen LogP contribution in [-0.4, -0.2) is 29.9 Å². The average Bonchev–Trinajstić information content (AvgIpc) is 2.56. The Balaban J connectivity index is 1.85. The molecule has 2 rings (SSSR count). The zero-order valence-electron chi connectivity index (χ0n) is 9.88. The fraction of sp³-hybridized carbons (Fsp3) is 0.846. The number of rotatable bonds is 2. The van der Waals surface area contributed by atoms with Crippen molar-refractivity contribution in [3.05, 3.63) is 11.6 Å². The van der Waals surface area contributed by atoms with Gasteiger partial charge in [0.15, 0.2) is 0 Å². The zero-order chi connectivity index (χ0) is 10.8. The second-order valence-electron chi connectivity index (χ2n) is 5.43. The van der Waals surface area contributed by atoms with E-state index in [4.69, 9.17) is 11.6 Å². The smallest absolute Gasteiger partial charge is 0.0339 e. The Morgan fingerprint density at radius 2 is 2.00 bits per heavy atom. The highest BCUT2D eigenvalue weighted by Gasteiger charge is 2.36. The van der Waals surface area contributed by atoms with E-state index in [2.05, 4.69) is 24.8 Å². The van der Waals surface area contributed by atoms with E-state index in [9.17, 15) is 0 Å². The van der Waals surface area contributed by atoms with Gasteiger partial charge in [-0.2, -0.15) is 0 Å². The van der Waals surface area contributed by atoms with E-state index >= 15 is 0 Å². The van der Waals surface area contributed by atoms with E-state index in [0.717, 1.165) is 18.4 Å². The minimum Gasteiger partial charge on any atom is -0.299 e. The Hall–Kier alpha value is -0.0100. The summed E-state index contributed by atoms with van der Waals surface area (Å²) in [5.74, 6) is 1.82. The highest BCUT2D eigenvalue weighted by Crippen LogP contribution is 2.37. The molecule has 1 heterocycles. The van der Waals surface area contributed by atoms with Crippen LogP contribution in [0.25, 0.3) is 0 Å². The Bertz CT molecular complexity index is 245. The molecule has 0 aromatic carbocycles. The quantitative estimate of drug-likeness (QED) is 0.517. The lowest BCUT2D eigenvalue weighted by Crippen LogP contribution is -2.23. The topological polar surface area (TPSA) is 3.24 Å². The van der Waals surface area contributed by atoms with E-state index < -0.39 is 0 Å². The molecular weight excluding hydrogens is 206 g/mol. The minimum atomic E-state index is 0.453. The highest BCUT2D eigenvalue weighted by atomic mass is 35.5. The van der Waals surface area contributed by atoms with E-state index in [1.807, 2.05) is 0 Å². The summed E-state index contributed by atoms with van der Waals surface area (Å²) < 4.78 is 0. The van der Waals surface area contributed by atoms with Gasteiger partial charge in [-0.25, -0.2) is 0 Å². The van der Waals surface area contributed by atoms with Crippen LogP contribution in [0.15, 0.2) is 11.6 Å². The summed E-state index contributed by atoms with van der Waals surface area (Å²) in [7, 11) is 0. The number of halogens is 1. The standard InChI is InChI=1S/C13H22ClN/c1-10(2)5-6-15-8-11-3-4-13(14)7-12(11)9-15/h5,11-13H,3-4,6-9H2,1-2H3. The van der Waals surface area contributed by atoms with Crippen LogP contribution < -0.4 is 0 Å². The first-order valence-electron chi connectivity index (χ1n) is 6.15. The molecule has 1 saturated carbocycles. The third kappa shape index (κ3) is 2.98. The minimum absolute atomic E-state index is 0.453. The van der Waals surface area contributed by atoms with Crippen molar-refractivity contribution in [2.45, 2.75) is 38.5 Å². The largest absolute Gasteiger partial charge is 0.299 e. The molecule has 1 nitrogen and oxygen atoms in total. The number of alkyl halides is 1. The molecule has 1 aliphatic heterocycles. The molecule has 0 bridgehead atoms. The van der Waals surface area contributed by atoms with Crippen LogP contribution in [-0.2, 0) is 0 Å². The second-order valence-corrected chi connectivity index (χ2v) is 6.05. The first-order valence-corrected chi connectivity index (χ1v) is 6.58.